The third-order valence-electron chi connectivity index (χ3n) is 4.39. The lowest BCUT2D eigenvalue weighted by atomic mass is 10.1. The largest absolute Gasteiger partial charge is 0.387 e. The van der Waals surface area contributed by atoms with E-state index in [1.165, 1.54) is 12.1 Å². The smallest absolute Gasteiger partial charge is 0.239 e. The fourth-order valence-electron chi connectivity index (χ4n) is 3.00. The van der Waals surface area contributed by atoms with Crippen LogP contribution in [0.25, 0.3) is 0 Å². The van der Waals surface area contributed by atoms with Gasteiger partial charge in [0.15, 0.2) is 5.82 Å². The van der Waals surface area contributed by atoms with E-state index in [0.29, 0.717) is 23.7 Å². The Hall–Kier alpha value is -2.29. The van der Waals surface area contributed by atoms with Crippen LogP contribution in [0.1, 0.15) is 17.4 Å². The molecule has 1 aromatic carbocycles. The van der Waals surface area contributed by atoms with E-state index in [2.05, 4.69) is 15.4 Å². The lowest BCUT2D eigenvalue weighted by Gasteiger charge is -2.35. The number of β-amino-alcohol motifs (C(OH)–C–C–N with tert-alkyl or cyclic N) is 1. The first-order valence-electron chi connectivity index (χ1n) is 8.61. The van der Waals surface area contributed by atoms with E-state index in [-0.39, 0.29) is 18.3 Å². The molecule has 26 heavy (non-hydrogen) atoms. The molecule has 0 aliphatic carbocycles. The number of rotatable bonds is 6. The van der Waals surface area contributed by atoms with Crippen LogP contribution in [-0.2, 0) is 4.79 Å². The highest BCUT2D eigenvalue weighted by molar-refractivity contribution is 5.91. The van der Waals surface area contributed by atoms with Gasteiger partial charge in [-0.3, -0.25) is 14.6 Å². The molecule has 1 aliphatic rings. The van der Waals surface area contributed by atoms with Gasteiger partial charge in [0.1, 0.15) is 11.6 Å². The van der Waals surface area contributed by atoms with Crippen molar-refractivity contribution in [2.75, 3.05) is 44.6 Å². The number of piperazine rings is 1. The molecular formula is C18H23FN4O3. The van der Waals surface area contributed by atoms with Crippen molar-refractivity contribution in [3.63, 3.8) is 0 Å². The molecule has 1 unspecified atom stereocenters. The van der Waals surface area contributed by atoms with Gasteiger partial charge in [0.25, 0.3) is 0 Å². The number of nitrogens with zero attached hydrogens (tertiary/aromatic N) is 3. The summed E-state index contributed by atoms with van der Waals surface area (Å²) in [4.78, 5) is 16.2. The number of aromatic nitrogens is 1. The zero-order chi connectivity index (χ0) is 18.5. The summed E-state index contributed by atoms with van der Waals surface area (Å²) in [5, 5.41) is 16.7. The van der Waals surface area contributed by atoms with Gasteiger partial charge in [-0.2, -0.15) is 0 Å². The SMILES string of the molecule is Cc1cc(NC(=O)CN2CCN(CC(O)c3cccc(F)c3)CC2)no1. The summed E-state index contributed by atoms with van der Waals surface area (Å²) in [5.74, 6) is 0.585. The van der Waals surface area contributed by atoms with Crippen LogP contribution < -0.4 is 5.32 Å². The number of aliphatic hydroxyl groups excluding tert-OH is 1. The maximum absolute atomic E-state index is 13.3. The van der Waals surface area contributed by atoms with Gasteiger partial charge in [-0.15, -0.1) is 0 Å². The summed E-state index contributed by atoms with van der Waals surface area (Å²) in [6.45, 7) is 5.42. The molecule has 7 nitrogen and oxygen atoms in total. The number of anilines is 1. The van der Waals surface area contributed by atoms with E-state index < -0.39 is 6.10 Å². The number of aliphatic hydroxyl groups is 1. The topological polar surface area (TPSA) is 81.8 Å². The fourth-order valence-corrected chi connectivity index (χ4v) is 3.00. The fraction of sp³-hybridized carbons (Fsp3) is 0.444. The molecule has 0 radical (unpaired) electrons. The molecule has 2 heterocycles. The molecule has 8 heteroatoms. The Morgan fingerprint density at radius 3 is 2.69 bits per heavy atom. The monoisotopic (exact) mass is 362 g/mol. The van der Waals surface area contributed by atoms with Crippen molar-refractivity contribution >= 4 is 11.7 Å². The van der Waals surface area contributed by atoms with Gasteiger partial charge >= 0.3 is 0 Å². The Morgan fingerprint density at radius 2 is 2.04 bits per heavy atom. The summed E-state index contributed by atoms with van der Waals surface area (Å²) in [7, 11) is 0. The zero-order valence-electron chi connectivity index (χ0n) is 14.7. The molecule has 2 aromatic rings. The number of benzene rings is 1. The highest BCUT2D eigenvalue weighted by atomic mass is 19.1. The standard InChI is InChI=1S/C18H23FN4O3/c1-13-9-17(21-26-13)20-18(25)12-23-7-5-22(6-8-23)11-16(24)14-3-2-4-15(19)10-14/h2-4,9-10,16,24H,5-8,11-12H2,1H3,(H,20,21,25). The molecule has 2 N–H and O–H groups in total. The van der Waals surface area contributed by atoms with Crippen LogP contribution in [0.5, 0.6) is 0 Å². The predicted molar refractivity (Wildman–Crippen MR) is 94.1 cm³/mol. The van der Waals surface area contributed by atoms with Crippen LogP contribution >= 0.6 is 0 Å². The molecule has 0 spiro atoms. The van der Waals surface area contributed by atoms with Crippen LogP contribution in [0.15, 0.2) is 34.9 Å². The maximum Gasteiger partial charge on any atom is 0.239 e. The van der Waals surface area contributed by atoms with Gasteiger partial charge in [-0.25, -0.2) is 4.39 Å². The van der Waals surface area contributed by atoms with E-state index in [0.717, 1.165) is 26.2 Å². The summed E-state index contributed by atoms with van der Waals surface area (Å²) in [6, 6.07) is 7.71. The summed E-state index contributed by atoms with van der Waals surface area (Å²) in [6.07, 6.45) is -0.726. The quantitative estimate of drug-likeness (QED) is 0.809. The third kappa shape index (κ3) is 5.10. The molecule has 3 rings (SSSR count). The van der Waals surface area contributed by atoms with Crippen molar-refractivity contribution in [2.45, 2.75) is 13.0 Å². The number of aryl methyl sites for hydroxylation is 1. The summed E-state index contributed by atoms with van der Waals surface area (Å²) in [5.41, 5.74) is 0.578. The molecule has 1 aliphatic heterocycles. The Bertz CT molecular complexity index is 744. The zero-order valence-corrected chi connectivity index (χ0v) is 14.7. The lowest BCUT2D eigenvalue weighted by Crippen LogP contribution is -2.49. The molecule has 0 saturated carbocycles. The third-order valence-corrected chi connectivity index (χ3v) is 4.39. The molecule has 140 valence electrons. The number of amides is 1. The number of carbonyl (C=O) groups excluding carboxylic acids is 1. The number of hydrogen-bond acceptors (Lipinski definition) is 6. The summed E-state index contributed by atoms with van der Waals surface area (Å²) >= 11 is 0. The van der Waals surface area contributed by atoms with Crippen LogP contribution in [0.3, 0.4) is 0 Å². The minimum Gasteiger partial charge on any atom is -0.387 e. The number of halogens is 1. The van der Waals surface area contributed by atoms with Crippen molar-refractivity contribution in [3.05, 3.63) is 47.5 Å². The lowest BCUT2D eigenvalue weighted by molar-refractivity contribution is -0.117. The minimum atomic E-state index is -0.726. The average molecular weight is 362 g/mol. The second kappa shape index (κ2) is 8.39. The maximum atomic E-state index is 13.3. The van der Waals surface area contributed by atoms with Gasteiger partial charge < -0.3 is 14.9 Å². The van der Waals surface area contributed by atoms with E-state index in [4.69, 9.17) is 4.52 Å². The van der Waals surface area contributed by atoms with Crippen molar-refractivity contribution in [3.8, 4) is 0 Å². The number of nitrogens with one attached hydrogen (secondary N) is 1. The average Bonchev–Trinajstić information content (AvgIpc) is 3.01. The molecule has 1 atom stereocenters. The molecule has 1 fully saturated rings. The van der Waals surface area contributed by atoms with Crippen molar-refractivity contribution in [1.82, 2.24) is 15.0 Å². The van der Waals surface area contributed by atoms with Gasteiger partial charge in [0.2, 0.25) is 5.91 Å². The molecular weight excluding hydrogens is 339 g/mol. The van der Waals surface area contributed by atoms with Gasteiger partial charge in [-0.05, 0) is 24.6 Å². The highest BCUT2D eigenvalue weighted by Crippen LogP contribution is 2.16. The van der Waals surface area contributed by atoms with E-state index in [9.17, 15) is 14.3 Å². The first-order chi connectivity index (χ1) is 12.5. The molecule has 1 saturated heterocycles. The van der Waals surface area contributed by atoms with E-state index in [1.807, 2.05) is 4.90 Å². The Labute approximate surface area is 151 Å². The Morgan fingerprint density at radius 1 is 1.31 bits per heavy atom. The van der Waals surface area contributed by atoms with Crippen LogP contribution in [0.4, 0.5) is 10.2 Å². The van der Waals surface area contributed by atoms with Crippen LogP contribution in [0, 0.1) is 12.7 Å². The molecule has 1 aromatic heterocycles. The molecule has 1 amide bonds. The number of hydrogen-bond donors (Lipinski definition) is 2. The van der Waals surface area contributed by atoms with Crippen LogP contribution in [-0.4, -0.2) is 65.2 Å². The minimum absolute atomic E-state index is 0.133. The Kier molecular flexibility index (Phi) is 5.97. The highest BCUT2D eigenvalue weighted by Gasteiger charge is 2.21. The van der Waals surface area contributed by atoms with Crippen molar-refractivity contribution in [1.29, 1.82) is 0 Å². The van der Waals surface area contributed by atoms with Gasteiger partial charge in [0.05, 0.1) is 12.6 Å². The first-order valence-corrected chi connectivity index (χ1v) is 8.61. The first kappa shape index (κ1) is 18.5. The predicted octanol–water partition coefficient (Wildman–Crippen LogP) is 1.41. The van der Waals surface area contributed by atoms with Crippen molar-refractivity contribution in [2.24, 2.45) is 0 Å². The normalized spacial score (nSPS) is 17.2. The van der Waals surface area contributed by atoms with Gasteiger partial charge in [-0.1, -0.05) is 17.3 Å². The second-order valence-corrected chi connectivity index (χ2v) is 6.52. The second-order valence-electron chi connectivity index (χ2n) is 6.52. The van der Waals surface area contributed by atoms with Crippen molar-refractivity contribution < 1.29 is 18.8 Å². The van der Waals surface area contributed by atoms with E-state index in [1.54, 1.807) is 25.1 Å². The van der Waals surface area contributed by atoms with Gasteiger partial charge in [0, 0.05) is 38.8 Å². The van der Waals surface area contributed by atoms with Crippen LogP contribution in [0.2, 0.25) is 0 Å². The summed E-state index contributed by atoms with van der Waals surface area (Å²) < 4.78 is 18.2. The molecule has 0 bridgehead atoms. The Balaban J connectivity index is 1.41. The van der Waals surface area contributed by atoms with E-state index >= 15 is 0 Å². The number of carbonyl (C=O) groups is 1.